The molecule has 0 amide bonds. The van der Waals surface area contributed by atoms with E-state index in [1.807, 2.05) is 21.1 Å². The number of likely N-dealkylation sites (N-methyl/N-ethyl adjacent to an activating group) is 1. The van der Waals surface area contributed by atoms with Gasteiger partial charge in [0.1, 0.15) is 13.2 Å². The average Bonchev–Trinajstić information content (AvgIpc) is 3.74. The minimum Gasteiger partial charge on any atom is -0.545 e. The highest BCUT2D eigenvalue weighted by Crippen LogP contribution is 2.19. The van der Waals surface area contributed by atoms with Crippen LogP contribution in [0.1, 0.15) is 335 Å². The number of allylic oxidation sites excluding steroid dienone is 20. The van der Waals surface area contributed by atoms with E-state index in [9.17, 15) is 19.5 Å². The maximum Gasteiger partial charge on any atom is 0.306 e. The number of carbonyl (C=O) groups is 3. The third-order valence-electron chi connectivity index (χ3n) is 16.7. The third kappa shape index (κ3) is 74.9. The highest BCUT2D eigenvalue weighted by Gasteiger charge is 2.22. The SMILES string of the molecule is CC/C=C\C/C=C\C/C=C\C/C=C\C/C=C\C/C=C\C/C=C\C/C=C\C/C=C\C/C=C\CCCCC(=O)OC(COC(=O)CCCCCCCCCCCCCCCCCCCCCCCCCCCCCCCCCCCCC)COC(OCC[N+](C)(C)C)C(=O)[O-]. The highest BCUT2D eigenvalue weighted by molar-refractivity contribution is 5.70. The van der Waals surface area contributed by atoms with Crippen molar-refractivity contribution in [1.82, 2.24) is 0 Å². The van der Waals surface area contributed by atoms with Gasteiger partial charge in [-0.2, -0.15) is 0 Å². The van der Waals surface area contributed by atoms with Crippen LogP contribution in [-0.2, 0) is 33.3 Å². The first-order valence-corrected chi connectivity index (χ1v) is 38.7. The third-order valence-corrected chi connectivity index (χ3v) is 16.7. The molecule has 93 heavy (non-hydrogen) atoms. The lowest BCUT2D eigenvalue weighted by Gasteiger charge is -2.26. The number of esters is 2. The summed E-state index contributed by atoms with van der Waals surface area (Å²) in [6.45, 7) is 4.61. The molecule has 0 aliphatic heterocycles. The largest absolute Gasteiger partial charge is 0.545 e. The molecule has 0 heterocycles. The van der Waals surface area contributed by atoms with E-state index in [0.717, 1.165) is 96.3 Å². The number of rotatable bonds is 71. The van der Waals surface area contributed by atoms with Gasteiger partial charge in [-0.3, -0.25) is 9.59 Å². The standard InChI is InChI=1S/C84H145NO8/c1-6-8-10-12-14-16-18-20-22-24-26-28-30-32-34-36-38-40-41-43-44-46-48-50-52-54-56-58-60-62-64-66-68-70-72-74-81(86)91-78-80(79-92-84(83(88)89)90-77-76-85(3,4)5)93-82(87)75-73-71-69-67-65-63-61-59-57-55-53-51-49-47-45-42-39-37-35-33-31-29-27-25-23-21-19-17-15-13-11-9-7-2/h9,11,15,17,21,23,27,29,33,35,39,42,47,49,53,55,59,61,65,67,80,84H,6-8,10,12-14,16,18-20,22,24-26,28,30-32,34,36-38,40-41,43-46,48,50-52,54,56-58,60,62-64,66,68-79H2,1-5H3/b11-9-,17-15-,23-21-,29-27-,35-33-,42-39-,49-47-,55-53-,61-59-,67-65-. The minimum atomic E-state index is -1.64. The van der Waals surface area contributed by atoms with E-state index >= 15 is 0 Å². The summed E-state index contributed by atoms with van der Waals surface area (Å²) >= 11 is 0. The zero-order valence-corrected chi connectivity index (χ0v) is 61.1. The molecule has 0 aliphatic carbocycles. The Hall–Kier alpha value is -4.31. The van der Waals surface area contributed by atoms with Gasteiger partial charge in [-0.05, 0) is 89.9 Å². The molecule has 2 atom stereocenters. The van der Waals surface area contributed by atoms with Crippen LogP contribution < -0.4 is 5.11 Å². The van der Waals surface area contributed by atoms with Crippen LogP contribution in [0.4, 0.5) is 0 Å². The van der Waals surface area contributed by atoms with Gasteiger partial charge in [0, 0.05) is 12.8 Å². The van der Waals surface area contributed by atoms with Gasteiger partial charge in [-0.15, -0.1) is 0 Å². The Morgan fingerprint density at radius 2 is 0.613 bits per heavy atom. The van der Waals surface area contributed by atoms with Crippen molar-refractivity contribution in [2.24, 2.45) is 0 Å². The lowest BCUT2D eigenvalue weighted by atomic mass is 10.0. The first-order valence-electron chi connectivity index (χ1n) is 38.7. The zero-order valence-electron chi connectivity index (χ0n) is 61.1. The predicted octanol–water partition coefficient (Wildman–Crippen LogP) is 23.4. The first kappa shape index (κ1) is 88.7. The minimum absolute atomic E-state index is 0.134. The van der Waals surface area contributed by atoms with E-state index in [-0.39, 0.29) is 38.6 Å². The Bertz CT molecular complexity index is 1950. The smallest absolute Gasteiger partial charge is 0.306 e. The van der Waals surface area contributed by atoms with E-state index in [2.05, 4.69) is 135 Å². The summed E-state index contributed by atoms with van der Waals surface area (Å²) in [5.74, 6) is -2.34. The number of unbranched alkanes of at least 4 members (excludes halogenated alkanes) is 36. The van der Waals surface area contributed by atoms with E-state index in [4.69, 9.17) is 18.9 Å². The first-order chi connectivity index (χ1) is 45.6. The van der Waals surface area contributed by atoms with Crippen LogP contribution in [0.5, 0.6) is 0 Å². The zero-order chi connectivity index (χ0) is 67.5. The van der Waals surface area contributed by atoms with Gasteiger partial charge in [-0.25, -0.2) is 0 Å². The van der Waals surface area contributed by atoms with Crippen LogP contribution >= 0.6 is 0 Å². The second kappa shape index (κ2) is 73.5. The van der Waals surface area contributed by atoms with Crippen molar-refractivity contribution < 1.29 is 42.9 Å². The van der Waals surface area contributed by atoms with E-state index < -0.39 is 24.3 Å². The van der Waals surface area contributed by atoms with Crippen molar-refractivity contribution in [3.8, 4) is 0 Å². The van der Waals surface area contributed by atoms with Crippen LogP contribution in [0.15, 0.2) is 122 Å². The molecule has 0 aromatic heterocycles. The number of ether oxygens (including phenoxy) is 4. The molecule has 0 bridgehead atoms. The number of aliphatic carboxylic acids is 1. The fourth-order valence-electron chi connectivity index (χ4n) is 10.9. The number of hydrogen-bond donors (Lipinski definition) is 0. The molecule has 534 valence electrons. The molecule has 0 rings (SSSR count). The number of nitrogens with zero attached hydrogens (tertiary/aromatic N) is 1. The lowest BCUT2D eigenvalue weighted by Crippen LogP contribution is -2.44. The molecule has 0 aromatic carbocycles. The second-order valence-corrected chi connectivity index (χ2v) is 26.9. The van der Waals surface area contributed by atoms with Crippen LogP contribution in [0.3, 0.4) is 0 Å². The molecular weight excluding hydrogens is 1150 g/mol. The molecule has 0 N–H and O–H groups in total. The summed E-state index contributed by atoms with van der Waals surface area (Å²) in [5.41, 5.74) is 0. The van der Waals surface area contributed by atoms with E-state index in [1.54, 1.807) is 0 Å². The van der Waals surface area contributed by atoms with Gasteiger partial charge >= 0.3 is 11.9 Å². The molecular formula is C84H145NO8. The van der Waals surface area contributed by atoms with Crippen molar-refractivity contribution in [2.45, 2.75) is 347 Å². The normalized spacial score (nSPS) is 13.3. The van der Waals surface area contributed by atoms with Crippen LogP contribution in [0.2, 0.25) is 0 Å². The van der Waals surface area contributed by atoms with Crippen molar-refractivity contribution >= 4 is 17.9 Å². The highest BCUT2D eigenvalue weighted by atomic mass is 16.7. The Kier molecular flexibility index (Phi) is 70.1. The van der Waals surface area contributed by atoms with Crippen molar-refractivity contribution in [1.29, 1.82) is 0 Å². The van der Waals surface area contributed by atoms with Crippen molar-refractivity contribution in [2.75, 3.05) is 47.5 Å². The van der Waals surface area contributed by atoms with E-state index in [0.29, 0.717) is 17.4 Å². The van der Waals surface area contributed by atoms with Crippen molar-refractivity contribution in [3.05, 3.63) is 122 Å². The molecule has 0 radical (unpaired) electrons. The number of carboxylic acid groups (broad SMARTS) is 1. The Morgan fingerprint density at radius 3 is 0.914 bits per heavy atom. The molecule has 9 nitrogen and oxygen atoms in total. The van der Waals surface area contributed by atoms with Crippen molar-refractivity contribution in [3.63, 3.8) is 0 Å². The van der Waals surface area contributed by atoms with Crippen LogP contribution in [0, 0.1) is 0 Å². The Morgan fingerprint density at radius 1 is 0.333 bits per heavy atom. The second-order valence-electron chi connectivity index (χ2n) is 26.9. The summed E-state index contributed by atoms with van der Waals surface area (Å²) in [6.07, 6.45) is 102. The number of hydrogen-bond acceptors (Lipinski definition) is 8. The summed E-state index contributed by atoms with van der Waals surface area (Å²) in [7, 11) is 5.92. The maximum absolute atomic E-state index is 12.9. The molecule has 9 heteroatoms. The van der Waals surface area contributed by atoms with Gasteiger partial charge in [-0.1, -0.05) is 354 Å². The summed E-state index contributed by atoms with van der Waals surface area (Å²) in [4.78, 5) is 37.5. The van der Waals surface area contributed by atoms with Gasteiger partial charge in [0.25, 0.3) is 0 Å². The van der Waals surface area contributed by atoms with Gasteiger partial charge in [0.2, 0.25) is 0 Å². The number of carboxylic acids is 1. The topological polar surface area (TPSA) is 111 Å². The Balaban J connectivity index is 4.13. The molecule has 0 aromatic rings. The summed E-state index contributed by atoms with van der Waals surface area (Å²) in [5, 5.41) is 11.8. The summed E-state index contributed by atoms with van der Waals surface area (Å²) < 4.78 is 22.8. The predicted molar refractivity (Wildman–Crippen MR) is 398 cm³/mol. The monoisotopic (exact) mass is 1300 g/mol. The molecule has 2 unspecified atom stereocenters. The molecule has 0 saturated heterocycles. The number of carbonyl (C=O) groups excluding carboxylic acids is 3. The van der Waals surface area contributed by atoms with Gasteiger partial charge in [0.15, 0.2) is 12.4 Å². The summed E-state index contributed by atoms with van der Waals surface area (Å²) in [6, 6.07) is 0. The van der Waals surface area contributed by atoms with Gasteiger partial charge in [0.05, 0.1) is 40.3 Å². The number of quaternary nitrogens is 1. The molecule has 0 aliphatic rings. The van der Waals surface area contributed by atoms with Gasteiger partial charge < -0.3 is 33.3 Å². The molecule has 0 fully saturated rings. The quantitative estimate of drug-likeness (QED) is 0.0195. The van der Waals surface area contributed by atoms with Crippen LogP contribution in [-0.4, -0.2) is 82.3 Å². The molecule has 0 saturated carbocycles. The molecule has 0 spiro atoms. The fourth-order valence-corrected chi connectivity index (χ4v) is 10.9. The Labute approximate surface area is 574 Å². The maximum atomic E-state index is 12.9. The van der Waals surface area contributed by atoms with Crippen LogP contribution in [0.25, 0.3) is 0 Å². The fraction of sp³-hybridized carbons (Fsp3) is 0.726. The lowest BCUT2D eigenvalue weighted by molar-refractivity contribution is -0.870. The van der Waals surface area contributed by atoms with E-state index in [1.165, 1.54) is 205 Å². The average molecular weight is 1300 g/mol.